The molecule has 0 aliphatic heterocycles. The minimum Gasteiger partial charge on any atom is -0.294 e. The summed E-state index contributed by atoms with van der Waals surface area (Å²) in [5.74, 6) is 4.59. The molecule has 0 aliphatic rings. The van der Waals surface area contributed by atoms with Crippen molar-refractivity contribution in [1.82, 2.24) is 10.4 Å². The first-order valence-corrected chi connectivity index (χ1v) is 4.08. The van der Waals surface area contributed by atoms with Gasteiger partial charge in [0.05, 0.1) is 5.92 Å². The summed E-state index contributed by atoms with van der Waals surface area (Å²) in [7, 11) is 0. The predicted molar refractivity (Wildman–Crippen MR) is 49.7 cm³/mol. The largest absolute Gasteiger partial charge is 0.294 e. The Labute approximate surface area is 77.1 Å². The van der Waals surface area contributed by atoms with Crippen LogP contribution in [-0.2, 0) is 4.79 Å². The number of carbonyl (C=O) groups is 1. The van der Waals surface area contributed by atoms with Crippen LogP contribution in [0.25, 0.3) is 0 Å². The molecule has 4 nitrogen and oxygen atoms in total. The fourth-order valence-corrected chi connectivity index (χ4v) is 1.22. The second kappa shape index (κ2) is 4.00. The molecule has 0 saturated heterocycles. The van der Waals surface area contributed by atoms with E-state index in [-0.39, 0.29) is 11.8 Å². The van der Waals surface area contributed by atoms with Crippen molar-refractivity contribution in [2.45, 2.75) is 19.8 Å². The highest BCUT2D eigenvalue weighted by atomic mass is 16.2. The fourth-order valence-electron chi connectivity index (χ4n) is 1.22. The molecule has 70 valence electrons. The Balaban J connectivity index is 2.95. The summed E-state index contributed by atoms with van der Waals surface area (Å²) in [6.45, 7) is 3.67. The molecule has 0 aliphatic carbocycles. The third kappa shape index (κ3) is 2.03. The molecule has 0 fully saturated rings. The second-order valence-corrected chi connectivity index (χ2v) is 2.91. The SMILES string of the molecule is Cc1ncccc1C(C)C(=O)NN. The minimum absolute atomic E-state index is 0.198. The lowest BCUT2D eigenvalue weighted by Crippen LogP contribution is -2.34. The minimum atomic E-state index is -0.251. The van der Waals surface area contributed by atoms with E-state index in [1.165, 1.54) is 0 Å². The maximum Gasteiger partial charge on any atom is 0.241 e. The van der Waals surface area contributed by atoms with Crippen molar-refractivity contribution in [2.75, 3.05) is 0 Å². The van der Waals surface area contributed by atoms with Gasteiger partial charge in [-0.25, -0.2) is 5.84 Å². The Bertz CT molecular complexity index is 311. The number of rotatable bonds is 2. The molecule has 13 heavy (non-hydrogen) atoms. The van der Waals surface area contributed by atoms with E-state index < -0.39 is 0 Å². The molecule has 0 saturated carbocycles. The van der Waals surface area contributed by atoms with E-state index in [4.69, 9.17) is 5.84 Å². The lowest BCUT2D eigenvalue weighted by molar-refractivity contribution is -0.122. The molecule has 0 aromatic carbocycles. The first-order valence-electron chi connectivity index (χ1n) is 4.08. The standard InChI is InChI=1S/C9H13N3O/c1-6(9(13)12-10)8-4-3-5-11-7(8)2/h3-6H,10H2,1-2H3,(H,12,13). The van der Waals surface area contributed by atoms with Gasteiger partial charge in [-0.05, 0) is 25.5 Å². The van der Waals surface area contributed by atoms with Gasteiger partial charge in [-0.15, -0.1) is 0 Å². The number of amides is 1. The van der Waals surface area contributed by atoms with E-state index >= 15 is 0 Å². The van der Waals surface area contributed by atoms with Crippen LogP contribution in [0.4, 0.5) is 0 Å². The van der Waals surface area contributed by atoms with Crippen LogP contribution in [0, 0.1) is 6.92 Å². The van der Waals surface area contributed by atoms with Crippen molar-refractivity contribution in [2.24, 2.45) is 5.84 Å². The number of aryl methyl sites for hydroxylation is 1. The molecular weight excluding hydrogens is 166 g/mol. The molecule has 1 heterocycles. The highest BCUT2D eigenvalue weighted by Crippen LogP contribution is 2.16. The number of hydrazine groups is 1. The lowest BCUT2D eigenvalue weighted by Gasteiger charge is -2.11. The van der Waals surface area contributed by atoms with Crippen LogP contribution in [0.1, 0.15) is 24.1 Å². The Morgan fingerprint density at radius 2 is 2.38 bits per heavy atom. The third-order valence-corrected chi connectivity index (χ3v) is 2.05. The van der Waals surface area contributed by atoms with Gasteiger partial charge in [-0.1, -0.05) is 6.07 Å². The summed E-state index contributed by atoms with van der Waals surface area (Å²) in [5.41, 5.74) is 3.89. The van der Waals surface area contributed by atoms with Gasteiger partial charge in [0, 0.05) is 11.9 Å². The summed E-state index contributed by atoms with van der Waals surface area (Å²) in [6.07, 6.45) is 1.70. The molecule has 1 unspecified atom stereocenters. The van der Waals surface area contributed by atoms with Gasteiger partial charge in [0.25, 0.3) is 0 Å². The quantitative estimate of drug-likeness (QED) is 0.394. The molecule has 1 aromatic heterocycles. The van der Waals surface area contributed by atoms with E-state index in [0.29, 0.717) is 0 Å². The highest BCUT2D eigenvalue weighted by Gasteiger charge is 2.15. The lowest BCUT2D eigenvalue weighted by atomic mass is 9.99. The number of pyridine rings is 1. The van der Waals surface area contributed by atoms with Gasteiger partial charge < -0.3 is 0 Å². The van der Waals surface area contributed by atoms with Crippen molar-refractivity contribution in [1.29, 1.82) is 0 Å². The molecule has 1 atom stereocenters. The van der Waals surface area contributed by atoms with Gasteiger partial charge in [-0.3, -0.25) is 15.2 Å². The molecule has 0 spiro atoms. The zero-order valence-corrected chi connectivity index (χ0v) is 7.74. The summed E-state index contributed by atoms with van der Waals surface area (Å²) in [5, 5.41) is 0. The van der Waals surface area contributed by atoms with E-state index in [1.807, 2.05) is 19.1 Å². The van der Waals surface area contributed by atoms with Gasteiger partial charge in [0.15, 0.2) is 0 Å². The molecule has 0 bridgehead atoms. The highest BCUT2D eigenvalue weighted by molar-refractivity contribution is 5.82. The molecule has 3 N–H and O–H groups in total. The first kappa shape index (κ1) is 9.67. The number of hydrogen-bond donors (Lipinski definition) is 2. The number of hydrogen-bond acceptors (Lipinski definition) is 3. The van der Waals surface area contributed by atoms with Crippen LogP contribution in [0.15, 0.2) is 18.3 Å². The number of nitrogens with one attached hydrogen (secondary N) is 1. The Morgan fingerprint density at radius 3 is 2.92 bits per heavy atom. The van der Waals surface area contributed by atoms with Crippen LogP contribution >= 0.6 is 0 Å². The van der Waals surface area contributed by atoms with Crippen molar-refractivity contribution in [3.63, 3.8) is 0 Å². The Morgan fingerprint density at radius 1 is 1.69 bits per heavy atom. The van der Waals surface area contributed by atoms with Crippen molar-refractivity contribution >= 4 is 5.91 Å². The van der Waals surface area contributed by atoms with E-state index in [9.17, 15) is 4.79 Å². The van der Waals surface area contributed by atoms with Crippen LogP contribution < -0.4 is 11.3 Å². The van der Waals surface area contributed by atoms with E-state index in [2.05, 4.69) is 10.4 Å². The number of nitrogens with zero attached hydrogens (tertiary/aromatic N) is 1. The summed E-state index contributed by atoms with van der Waals surface area (Å²) in [4.78, 5) is 15.3. The maximum absolute atomic E-state index is 11.2. The topological polar surface area (TPSA) is 68.0 Å². The Hall–Kier alpha value is -1.42. The average Bonchev–Trinajstić information content (AvgIpc) is 2.16. The fraction of sp³-hybridized carbons (Fsp3) is 0.333. The van der Waals surface area contributed by atoms with Crippen molar-refractivity contribution < 1.29 is 4.79 Å². The first-order chi connectivity index (χ1) is 6.16. The summed E-state index contributed by atoms with van der Waals surface area (Å²) < 4.78 is 0. The molecule has 0 radical (unpaired) electrons. The van der Waals surface area contributed by atoms with Crippen LogP contribution in [0.3, 0.4) is 0 Å². The van der Waals surface area contributed by atoms with Crippen LogP contribution in [0.2, 0.25) is 0 Å². The molecule has 1 rings (SSSR count). The summed E-state index contributed by atoms with van der Waals surface area (Å²) >= 11 is 0. The van der Waals surface area contributed by atoms with Gasteiger partial charge in [0.1, 0.15) is 0 Å². The van der Waals surface area contributed by atoms with E-state index in [1.54, 1.807) is 13.1 Å². The number of aromatic nitrogens is 1. The zero-order valence-electron chi connectivity index (χ0n) is 7.74. The third-order valence-electron chi connectivity index (χ3n) is 2.05. The van der Waals surface area contributed by atoms with Crippen molar-refractivity contribution in [3.05, 3.63) is 29.6 Å². The Kier molecular flexibility index (Phi) is 2.97. The molecule has 1 amide bonds. The number of carbonyl (C=O) groups excluding carboxylic acids is 1. The zero-order chi connectivity index (χ0) is 9.84. The molecule has 1 aromatic rings. The molecular formula is C9H13N3O. The van der Waals surface area contributed by atoms with Gasteiger partial charge in [0.2, 0.25) is 5.91 Å². The predicted octanol–water partition coefficient (Wildman–Crippen LogP) is 0.483. The normalized spacial score (nSPS) is 12.2. The second-order valence-electron chi connectivity index (χ2n) is 2.91. The van der Waals surface area contributed by atoms with E-state index in [0.717, 1.165) is 11.3 Å². The number of nitrogens with two attached hydrogens (primary N) is 1. The monoisotopic (exact) mass is 179 g/mol. The van der Waals surface area contributed by atoms with Gasteiger partial charge >= 0.3 is 0 Å². The van der Waals surface area contributed by atoms with Crippen LogP contribution in [0.5, 0.6) is 0 Å². The smallest absolute Gasteiger partial charge is 0.241 e. The van der Waals surface area contributed by atoms with Crippen molar-refractivity contribution in [3.8, 4) is 0 Å². The average molecular weight is 179 g/mol. The van der Waals surface area contributed by atoms with Crippen LogP contribution in [-0.4, -0.2) is 10.9 Å². The van der Waals surface area contributed by atoms with Gasteiger partial charge in [-0.2, -0.15) is 0 Å². The molecule has 4 heteroatoms. The maximum atomic E-state index is 11.2. The summed E-state index contributed by atoms with van der Waals surface area (Å²) in [6, 6.07) is 3.69.